The fraction of sp³-hybridized carbons (Fsp3) is 0.739. The lowest BCUT2D eigenvalue weighted by molar-refractivity contribution is -0.156. The third kappa shape index (κ3) is 4.76. The molecule has 0 atom stereocenters. The van der Waals surface area contributed by atoms with Crippen molar-refractivity contribution in [1.29, 1.82) is 0 Å². The minimum absolute atomic E-state index is 0.148. The number of nitrogens with zero attached hydrogens (tertiary/aromatic N) is 4. The van der Waals surface area contributed by atoms with Crippen molar-refractivity contribution in [2.75, 3.05) is 5.32 Å². The summed E-state index contributed by atoms with van der Waals surface area (Å²) in [6.07, 6.45) is 4.22. The van der Waals surface area contributed by atoms with Crippen LogP contribution in [0.1, 0.15) is 67.2 Å². The fourth-order valence-electron chi connectivity index (χ4n) is 3.63. The Morgan fingerprint density at radius 3 is 2.03 bits per heavy atom. The van der Waals surface area contributed by atoms with Gasteiger partial charge in [0.15, 0.2) is 17.9 Å². The predicted molar refractivity (Wildman–Crippen MR) is 123 cm³/mol. The van der Waals surface area contributed by atoms with Crippen LogP contribution in [0, 0.1) is 17.3 Å². The topological polar surface area (TPSA) is 100 Å². The molecule has 0 unspecified atom stereocenters. The first kappa shape index (κ1) is 22.6. The Morgan fingerprint density at radius 1 is 0.969 bits per heavy atom. The first-order valence-corrected chi connectivity index (χ1v) is 11.5. The number of fused-ring (bicyclic) bond motifs is 1. The Morgan fingerprint density at radius 2 is 1.53 bits per heavy atom. The Balaban J connectivity index is 1.88. The molecule has 176 valence electrons. The summed E-state index contributed by atoms with van der Waals surface area (Å²) in [5.41, 5.74) is -1.02. The van der Waals surface area contributed by atoms with Gasteiger partial charge in [-0.15, -0.1) is 0 Å². The van der Waals surface area contributed by atoms with E-state index in [1.54, 1.807) is 29.9 Å². The van der Waals surface area contributed by atoms with E-state index in [4.69, 9.17) is 4.74 Å². The van der Waals surface area contributed by atoms with Crippen LogP contribution in [0.25, 0.3) is 11.2 Å². The molecule has 0 spiro atoms. The van der Waals surface area contributed by atoms with E-state index in [0.717, 1.165) is 25.7 Å². The minimum Gasteiger partial charge on any atom is -0.443 e. The molecule has 0 bridgehead atoms. The number of hydrogen-bond acceptors (Lipinski definition) is 6. The van der Waals surface area contributed by atoms with Crippen LogP contribution in [0.2, 0.25) is 0 Å². The number of carbonyl (C=O) groups excluding carboxylic acids is 1. The number of ether oxygens (including phenoxy) is 1. The largest absolute Gasteiger partial charge is 0.443 e. The van der Waals surface area contributed by atoms with Crippen LogP contribution in [0.4, 0.5) is 5.95 Å². The molecule has 2 aromatic heterocycles. The third-order valence-corrected chi connectivity index (χ3v) is 5.81. The second-order valence-electron chi connectivity index (χ2n) is 11.4. The lowest BCUT2D eigenvalue weighted by atomic mass is 9.98. The number of carbonyl (C=O) groups is 1. The van der Waals surface area contributed by atoms with E-state index in [0.29, 0.717) is 42.0 Å². The summed E-state index contributed by atoms with van der Waals surface area (Å²) in [6, 6.07) is 0. The van der Waals surface area contributed by atoms with Crippen LogP contribution in [-0.2, 0) is 29.4 Å². The SMILES string of the molecule is CC(C)(C)Nc1nc2c(c(=O)n(CC3CC3)c(=O)n2CC2CC2)n1COC(=O)C(C)(C)C. The van der Waals surface area contributed by atoms with Crippen molar-refractivity contribution in [3.05, 3.63) is 20.8 Å². The van der Waals surface area contributed by atoms with Gasteiger partial charge in [0.1, 0.15) is 0 Å². The summed E-state index contributed by atoms with van der Waals surface area (Å²) in [7, 11) is 0. The van der Waals surface area contributed by atoms with Crippen molar-refractivity contribution in [1.82, 2.24) is 18.7 Å². The Kier molecular flexibility index (Phi) is 5.49. The average molecular weight is 446 g/mol. The summed E-state index contributed by atoms with van der Waals surface area (Å²) < 4.78 is 10.2. The number of hydrogen-bond donors (Lipinski definition) is 1. The highest BCUT2D eigenvalue weighted by atomic mass is 16.5. The number of imidazole rings is 1. The van der Waals surface area contributed by atoms with Gasteiger partial charge in [-0.2, -0.15) is 4.98 Å². The van der Waals surface area contributed by atoms with Crippen LogP contribution >= 0.6 is 0 Å². The highest BCUT2D eigenvalue weighted by molar-refractivity contribution is 5.76. The molecular weight excluding hydrogens is 410 g/mol. The maximum absolute atomic E-state index is 13.5. The van der Waals surface area contributed by atoms with Gasteiger partial charge in [0.2, 0.25) is 5.95 Å². The van der Waals surface area contributed by atoms with Gasteiger partial charge in [-0.1, -0.05) is 0 Å². The van der Waals surface area contributed by atoms with Gasteiger partial charge in [0, 0.05) is 18.6 Å². The number of rotatable bonds is 7. The van der Waals surface area contributed by atoms with E-state index in [1.807, 2.05) is 20.8 Å². The number of aromatic nitrogens is 4. The minimum atomic E-state index is -0.672. The molecule has 0 radical (unpaired) electrons. The van der Waals surface area contributed by atoms with E-state index >= 15 is 0 Å². The van der Waals surface area contributed by atoms with E-state index in [2.05, 4.69) is 10.3 Å². The van der Waals surface area contributed by atoms with Gasteiger partial charge < -0.3 is 10.1 Å². The van der Waals surface area contributed by atoms with Crippen molar-refractivity contribution in [3.63, 3.8) is 0 Å². The van der Waals surface area contributed by atoms with E-state index in [-0.39, 0.29) is 29.5 Å². The summed E-state index contributed by atoms with van der Waals surface area (Å²) in [4.78, 5) is 44.0. The van der Waals surface area contributed by atoms with Crippen molar-refractivity contribution in [2.24, 2.45) is 17.3 Å². The molecule has 32 heavy (non-hydrogen) atoms. The molecule has 9 heteroatoms. The van der Waals surface area contributed by atoms with E-state index in [9.17, 15) is 14.4 Å². The van der Waals surface area contributed by atoms with Gasteiger partial charge in [-0.3, -0.25) is 23.3 Å². The molecule has 9 nitrogen and oxygen atoms in total. The standard InChI is InChI=1S/C23H35N5O4/c1-22(2,3)19(30)32-13-28-16-17(24-20(28)25-23(4,5)6)26(11-14-7-8-14)21(31)27(18(16)29)12-15-9-10-15/h14-15H,7-13H2,1-6H3,(H,24,25). The van der Waals surface area contributed by atoms with E-state index < -0.39 is 5.41 Å². The molecule has 2 fully saturated rings. The molecule has 2 saturated carbocycles. The zero-order valence-corrected chi connectivity index (χ0v) is 20.0. The highest BCUT2D eigenvalue weighted by Crippen LogP contribution is 2.32. The maximum Gasteiger partial charge on any atom is 0.332 e. The fourth-order valence-corrected chi connectivity index (χ4v) is 3.63. The number of esters is 1. The van der Waals surface area contributed by atoms with Gasteiger partial charge in [0.05, 0.1) is 5.41 Å². The van der Waals surface area contributed by atoms with Crippen LogP contribution in [0.5, 0.6) is 0 Å². The maximum atomic E-state index is 13.5. The molecule has 1 N–H and O–H groups in total. The molecule has 2 aliphatic carbocycles. The normalized spacial score (nSPS) is 17.1. The molecule has 0 amide bonds. The number of anilines is 1. The lowest BCUT2D eigenvalue weighted by Crippen LogP contribution is -2.41. The Bertz CT molecular complexity index is 1150. The second kappa shape index (κ2) is 7.78. The summed E-state index contributed by atoms with van der Waals surface area (Å²) in [6.45, 7) is 12.1. The van der Waals surface area contributed by atoms with Gasteiger partial charge >= 0.3 is 11.7 Å². The molecule has 4 rings (SSSR count). The third-order valence-electron chi connectivity index (χ3n) is 5.81. The van der Waals surface area contributed by atoms with E-state index in [1.165, 1.54) is 4.57 Å². The summed E-state index contributed by atoms with van der Waals surface area (Å²) >= 11 is 0. The highest BCUT2D eigenvalue weighted by Gasteiger charge is 2.31. The summed E-state index contributed by atoms with van der Waals surface area (Å²) in [5, 5.41) is 3.31. The van der Waals surface area contributed by atoms with Gasteiger partial charge in [-0.05, 0) is 79.1 Å². The van der Waals surface area contributed by atoms with Crippen LogP contribution in [0.3, 0.4) is 0 Å². The predicted octanol–water partition coefficient (Wildman–Crippen LogP) is 2.94. The lowest BCUT2D eigenvalue weighted by Gasteiger charge is -2.23. The van der Waals surface area contributed by atoms with Crippen molar-refractivity contribution in [3.8, 4) is 0 Å². The quantitative estimate of drug-likeness (QED) is 0.658. The number of nitrogens with one attached hydrogen (secondary N) is 1. The first-order valence-electron chi connectivity index (χ1n) is 11.5. The monoisotopic (exact) mass is 445 g/mol. The van der Waals surface area contributed by atoms with Gasteiger partial charge in [0.25, 0.3) is 5.56 Å². The second-order valence-corrected chi connectivity index (χ2v) is 11.4. The van der Waals surface area contributed by atoms with Crippen molar-refractivity contribution < 1.29 is 9.53 Å². The molecule has 0 saturated heterocycles. The van der Waals surface area contributed by atoms with Gasteiger partial charge in [-0.25, -0.2) is 4.79 Å². The average Bonchev–Trinajstić information content (AvgIpc) is 3.58. The molecule has 2 aromatic rings. The molecule has 2 heterocycles. The zero-order chi connectivity index (χ0) is 23.4. The van der Waals surface area contributed by atoms with Crippen molar-refractivity contribution in [2.45, 2.75) is 92.6 Å². The Labute approximate surface area is 187 Å². The summed E-state index contributed by atoms with van der Waals surface area (Å²) in [5.74, 6) is 0.852. The van der Waals surface area contributed by atoms with Crippen LogP contribution in [-0.4, -0.2) is 30.2 Å². The smallest absolute Gasteiger partial charge is 0.332 e. The Hall–Kier alpha value is -2.58. The zero-order valence-electron chi connectivity index (χ0n) is 20.0. The van der Waals surface area contributed by atoms with Crippen molar-refractivity contribution >= 4 is 23.1 Å². The van der Waals surface area contributed by atoms with Crippen LogP contribution < -0.4 is 16.6 Å². The molecule has 0 aliphatic heterocycles. The first-order chi connectivity index (χ1) is 14.8. The molecule has 0 aromatic carbocycles. The molecular formula is C23H35N5O4. The van der Waals surface area contributed by atoms with Crippen LogP contribution in [0.15, 0.2) is 9.59 Å². The molecule has 2 aliphatic rings.